The Hall–Kier alpha value is -1.27. The van der Waals surface area contributed by atoms with Crippen molar-refractivity contribution in [1.29, 1.82) is 0 Å². The van der Waals surface area contributed by atoms with E-state index in [1.54, 1.807) is 6.92 Å². The number of carbonyl (C=O) groups excluding carboxylic acids is 1. The number of carboxylic acids is 1. The van der Waals surface area contributed by atoms with Gasteiger partial charge in [-0.25, -0.2) is 9.59 Å². The van der Waals surface area contributed by atoms with Crippen LogP contribution in [0.25, 0.3) is 0 Å². The highest BCUT2D eigenvalue weighted by Gasteiger charge is 2.24. The second-order valence-electron chi connectivity index (χ2n) is 4.06. The smallest absolute Gasteiger partial charge is 0.326 e. The minimum atomic E-state index is -0.995. The number of rotatable bonds is 6. The standard InChI is InChI=1S/C12H17ClN2O3S/c1-3-9(11(16)17)15(2)12(18)14-7-6-8-4-5-10(13)19-8/h4-5,9H,3,6-7H2,1-2H3,(H,14,18)(H,16,17). The number of amides is 2. The largest absolute Gasteiger partial charge is 0.480 e. The van der Waals surface area contributed by atoms with E-state index in [2.05, 4.69) is 5.32 Å². The molecule has 19 heavy (non-hydrogen) atoms. The summed E-state index contributed by atoms with van der Waals surface area (Å²) in [5.74, 6) is -0.995. The maximum absolute atomic E-state index is 11.8. The van der Waals surface area contributed by atoms with Crippen LogP contribution in [0.4, 0.5) is 4.79 Å². The monoisotopic (exact) mass is 304 g/mol. The quantitative estimate of drug-likeness (QED) is 0.848. The first kappa shape index (κ1) is 15.8. The summed E-state index contributed by atoms with van der Waals surface area (Å²) in [6.07, 6.45) is 1.06. The topological polar surface area (TPSA) is 69.6 Å². The van der Waals surface area contributed by atoms with Crippen molar-refractivity contribution in [3.63, 3.8) is 0 Å². The van der Waals surface area contributed by atoms with Crippen molar-refractivity contribution < 1.29 is 14.7 Å². The van der Waals surface area contributed by atoms with Gasteiger partial charge in [0.1, 0.15) is 6.04 Å². The molecule has 0 aliphatic heterocycles. The van der Waals surface area contributed by atoms with Gasteiger partial charge in [0.2, 0.25) is 0 Å². The molecule has 1 rings (SSSR count). The van der Waals surface area contributed by atoms with Crippen LogP contribution in [0.1, 0.15) is 18.2 Å². The molecule has 1 aromatic heterocycles. The first-order chi connectivity index (χ1) is 8.95. The fraction of sp³-hybridized carbons (Fsp3) is 0.500. The van der Waals surface area contributed by atoms with Gasteiger partial charge in [-0.1, -0.05) is 18.5 Å². The molecule has 1 unspecified atom stereocenters. The summed E-state index contributed by atoms with van der Waals surface area (Å²) in [6.45, 7) is 2.19. The van der Waals surface area contributed by atoms with Gasteiger partial charge in [-0.3, -0.25) is 0 Å². The summed E-state index contributed by atoms with van der Waals surface area (Å²) in [5.41, 5.74) is 0. The van der Waals surface area contributed by atoms with E-state index in [-0.39, 0.29) is 6.03 Å². The van der Waals surface area contributed by atoms with Crippen LogP contribution in [0.2, 0.25) is 4.34 Å². The Kier molecular flexibility index (Phi) is 6.11. The predicted molar refractivity (Wildman–Crippen MR) is 75.9 cm³/mol. The minimum absolute atomic E-state index is 0.375. The average Bonchev–Trinajstić information content (AvgIpc) is 2.75. The molecule has 2 amide bonds. The number of carbonyl (C=O) groups is 2. The Morgan fingerprint density at radius 1 is 1.53 bits per heavy atom. The molecule has 1 atom stereocenters. The summed E-state index contributed by atoms with van der Waals surface area (Å²) in [7, 11) is 1.49. The number of thiophene rings is 1. The molecule has 0 aliphatic rings. The van der Waals surface area contributed by atoms with E-state index in [4.69, 9.17) is 16.7 Å². The number of likely N-dealkylation sites (N-methyl/N-ethyl adjacent to an activating group) is 1. The molecule has 0 saturated carbocycles. The van der Waals surface area contributed by atoms with E-state index in [1.165, 1.54) is 23.3 Å². The molecule has 106 valence electrons. The fourth-order valence-electron chi connectivity index (χ4n) is 1.66. The molecule has 0 fully saturated rings. The van der Waals surface area contributed by atoms with Crippen molar-refractivity contribution >= 4 is 34.9 Å². The van der Waals surface area contributed by atoms with Gasteiger partial charge in [0.05, 0.1) is 4.34 Å². The molecule has 1 heterocycles. The Labute approximate surface area is 121 Å². The van der Waals surface area contributed by atoms with Gasteiger partial charge in [0, 0.05) is 18.5 Å². The molecule has 0 bridgehead atoms. The fourth-order valence-corrected chi connectivity index (χ4v) is 2.75. The first-order valence-electron chi connectivity index (χ1n) is 5.93. The summed E-state index contributed by atoms with van der Waals surface area (Å²) in [4.78, 5) is 25.0. The second-order valence-corrected chi connectivity index (χ2v) is 5.86. The van der Waals surface area contributed by atoms with Gasteiger partial charge in [0.25, 0.3) is 0 Å². The molecule has 0 saturated heterocycles. The third-order valence-electron chi connectivity index (χ3n) is 2.74. The predicted octanol–water partition coefficient (Wildman–Crippen LogP) is 2.45. The van der Waals surface area contributed by atoms with Crippen molar-refractivity contribution in [2.45, 2.75) is 25.8 Å². The molecule has 0 aromatic carbocycles. The van der Waals surface area contributed by atoms with Gasteiger partial charge in [-0.2, -0.15) is 0 Å². The van der Waals surface area contributed by atoms with Crippen molar-refractivity contribution in [1.82, 2.24) is 10.2 Å². The number of hydrogen-bond donors (Lipinski definition) is 2. The van der Waals surface area contributed by atoms with Gasteiger partial charge in [-0.05, 0) is 25.0 Å². The normalized spacial score (nSPS) is 11.9. The van der Waals surface area contributed by atoms with Gasteiger partial charge < -0.3 is 15.3 Å². The molecule has 0 radical (unpaired) electrons. The highest BCUT2D eigenvalue weighted by atomic mass is 35.5. The Morgan fingerprint density at radius 2 is 2.21 bits per heavy atom. The van der Waals surface area contributed by atoms with Crippen LogP contribution in [-0.4, -0.2) is 41.6 Å². The molecule has 0 spiro atoms. The van der Waals surface area contributed by atoms with E-state index in [0.29, 0.717) is 19.4 Å². The number of hydrogen-bond acceptors (Lipinski definition) is 3. The maximum atomic E-state index is 11.8. The number of nitrogens with one attached hydrogen (secondary N) is 1. The summed E-state index contributed by atoms with van der Waals surface area (Å²) >= 11 is 7.28. The number of aliphatic carboxylic acids is 1. The van der Waals surface area contributed by atoms with Crippen LogP contribution in [0.15, 0.2) is 12.1 Å². The number of urea groups is 1. The molecule has 1 aromatic rings. The van der Waals surface area contributed by atoms with Crippen molar-refractivity contribution in [3.8, 4) is 0 Å². The first-order valence-corrected chi connectivity index (χ1v) is 7.12. The molecular formula is C12H17ClN2O3S. The minimum Gasteiger partial charge on any atom is -0.480 e. The third-order valence-corrected chi connectivity index (χ3v) is 4.03. The van der Waals surface area contributed by atoms with E-state index in [1.807, 2.05) is 12.1 Å². The van der Waals surface area contributed by atoms with E-state index < -0.39 is 12.0 Å². The Balaban J connectivity index is 2.40. The van der Waals surface area contributed by atoms with E-state index in [9.17, 15) is 9.59 Å². The van der Waals surface area contributed by atoms with E-state index in [0.717, 1.165) is 9.21 Å². The van der Waals surface area contributed by atoms with Crippen molar-refractivity contribution in [3.05, 3.63) is 21.3 Å². The number of halogens is 1. The van der Waals surface area contributed by atoms with Crippen molar-refractivity contribution in [2.75, 3.05) is 13.6 Å². The lowest BCUT2D eigenvalue weighted by molar-refractivity contribution is -0.141. The lowest BCUT2D eigenvalue weighted by atomic mass is 10.2. The zero-order chi connectivity index (χ0) is 14.4. The SMILES string of the molecule is CCC(C(=O)O)N(C)C(=O)NCCc1ccc(Cl)s1. The molecule has 2 N–H and O–H groups in total. The lowest BCUT2D eigenvalue weighted by Gasteiger charge is -2.23. The average molecular weight is 305 g/mol. The third kappa shape index (κ3) is 4.72. The van der Waals surface area contributed by atoms with Gasteiger partial charge in [0.15, 0.2) is 0 Å². The number of carboxylic acid groups (broad SMARTS) is 1. The van der Waals surface area contributed by atoms with Crippen molar-refractivity contribution in [2.24, 2.45) is 0 Å². The van der Waals surface area contributed by atoms with Gasteiger partial charge >= 0.3 is 12.0 Å². The summed E-state index contributed by atoms with van der Waals surface area (Å²) in [6, 6.07) is 2.55. The Bertz CT molecular complexity index is 450. The van der Waals surface area contributed by atoms with Crippen LogP contribution in [0, 0.1) is 0 Å². The summed E-state index contributed by atoms with van der Waals surface area (Å²) in [5, 5.41) is 11.7. The number of nitrogens with zero attached hydrogens (tertiary/aromatic N) is 1. The summed E-state index contributed by atoms with van der Waals surface area (Å²) < 4.78 is 0.718. The van der Waals surface area contributed by atoms with E-state index >= 15 is 0 Å². The van der Waals surface area contributed by atoms with Crippen LogP contribution < -0.4 is 5.32 Å². The molecular weight excluding hydrogens is 288 g/mol. The van der Waals surface area contributed by atoms with Crippen LogP contribution >= 0.6 is 22.9 Å². The highest BCUT2D eigenvalue weighted by molar-refractivity contribution is 7.16. The molecule has 7 heteroatoms. The zero-order valence-electron chi connectivity index (χ0n) is 10.9. The molecule has 5 nitrogen and oxygen atoms in total. The maximum Gasteiger partial charge on any atom is 0.326 e. The zero-order valence-corrected chi connectivity index (χ0v) is 12.4. The highest BCUT2D eigenvalue weighted by Crippen LogP contribution is 2.21. The van der Waals surface area contributed by atoms with Crippen LogP contribution in [0.5, 0.6) is 0 Å². The molecule has 0 aliphatic carbocycles. The Morgan fingerprint density at radius 3 is 2.68 bits per heavy atom. The second kappa shape index (κ2) is 7.35. The van der Waals surface area contributed by atoms with Crippen LogP contribution in [-0.2, 0) is 11.2 Å². The van der Waals surface area contributed by atoms with Gasteiger partial charge in [-0.15, -0.1) is 11.3 Å². The van der Waals surface area contributed by atoms with Crippen LogP contribution in [0.3, 0.4) is 0 Å². The lowest BCUT2D eigenvalue weighted by Crippen LogP contribution is -2.47.